The van der Waals surface area contributed by atoms with E-state index in [4.69, 9.17) is 11.6 Å². The lowest BCUT2D eigenvalue weighted by Crippen LogP contribution is -2.11. The normalized spacial score (nSPS) is 16.4. The van der Waals surface area contributed by atoms with E-state index in [9.17, 15) is 4.79 Å². The maximum atomic E-state index is 11.0. The van der Waals surface area contributed by atoms with Crippen LogP contribution in [-0.4, -0.2) is 9.97 Å². The number of hydrogen-bond donors (Lipinski definition) is 1. The second kappa shape index (κ2) is 2.90. The Kier molecular flexibility index (Phi) is 1.89. The highest BCUT2D eigenvalue weighted by atomic mass is 35.5. The molecule has 1 fully saturated rings. The van der Waals surface area contributed by atoms with Crippen LogP contribution in [0.1, 0.15) is 30.3 Å². The van der Waals surface area contributed by atoms with Gasteiger partial charge in [-0.15, -0.1) is 11.6 Å². The molecular formula is C8H9ClN2O. The van der Waals surface area contributed by atoms with E-state index in [2.05, 4.69) is 9.97 Å². The minimum Gasteiger partial charge on any atom is -0.310 e. The molecule has 0 aliphatic heterocycles. The van der Waals surface area contributed by atoms with Crippen molar-refractivity contribution < 1.29 is 0 Å². The Balaban J connectivity index is 2.41. The molecule has 0 aromatic carbocycles. The summed E-state index contributed by atoms with van der Waals surface area (Å²) in [5.41, 5.74) is 0.803. The van der Waals surface area contributed by atoms with Crippen molar-refractivity contribution in [3.63, 3.8) is 0 Å². The summed E-state index contributed by atoms with van der Waals surface area (Å²) in [6, 6.07) is 1.56. The average molecular weight is 185 g/mol. The Bertz CT molecular complexity index is 343. The Labute approximate surface area is 74.8 Å². The van der Waals surface area contributed by atoms with E-state index in [1.807, 2.05) is 0 Å². The van der Waals surface area contributed by atoms with Crippen LogP contribution in [0.5, 0.6) is 0 Å². The van der Waals surface area contributed by atoms with Gasteiger partial charge < -0.3 is 4.98 Å². The molecule has 1 heterocycles. The molecular weight excluding hydrogens is 176 g/mol. The Hall–Kier alpha value is -0.830. The molecule has 0 amide bonds. The number of aromatic nitrogens is 2. The number of aromatic amines is 1. The maximum Gasteiger partial charge on any atom is 0.251 e. The van der Waals surface area contributed by atoms with E-state index in [0.29, 0.717) is 11.7 Å². The van der Waals surface area contributed by atoms with E-state index in [1.54, 1.807) is 6.07 Å². The molecule has 1 aromatic rings. The molecule has 12 heavy (non-hydrogen) atoms. The van der Waals surface area contributed by atoms with Crippen molar-refractivity contribution in [2.45, 2.75) is 24.6 Å². The predicted octanol–water partition coefficient (Wildman–Crippen LogP) is 1.39. The van der Waals surface area contributed by atoms with E-state index in [1.165, 1.54) is 0 Å². The first-order valence-electron chi connectivity index (χ1n) is 3.95. The van der Waals surface area contributed by atoms with Gasteiger partial charge in [0.1, 0.15) is 5.82 Å². The molecule has 1 aliphatic rings. The lowest BCUT2D eigenvalue weighted by Gasteiger charge is -1.98. The SMILES string of the molecule is O=c1cc(C2CC2)nc(CCl)[nH]1. The first-order valence-corrected chi connectivity index (χ1v) is 4.49. The van der Waals surface area contributed by atoms with Crippen molar-refractivity contribution in [1.29, 1.82) is 0 Å². The minimum atomic E-state index is -0.0949. The van der Waals surface area contributed by atoms with Crippen LogP contribution < -0.4 is 5.56 Å². The third-order valence-corrected chi connectivity index (χ3v) is 2.19. The molecule has 0 radical (unpaired) electrons. The molecule has 0 bridgehead atoms. The van der Waals surface area contributed by atoms with Crippen LogP contribution >= 0.6 is 11.6 Å². The summed E-state index contributed by atoms with van der Waals surface area (Å²) in [5, 5.41) is 0. The predicted molar refractivity (Wildman–Crippen MR) is 46.4 cm³/mol. The number of H-pyrrole nitrogens is 1. The molecule has 2 rings (SSSR count). The molecule has 1 saturated carbocycles. The zero-order chi connectivity index (χ0) is 8.55. The minimum absolute atomic E-state index is 0.0949. The van der Waals surface area contributed by atoms with Gasteiger partial charge in [0.15, 0.2) is 0 Å². The Morgan fingerprint density at radius 2 is 2.42 bits per heavy atom. The van der Waals surface area contributed by atoms with Crippen molar-refractivity contribution in [3.8, 4) is 0 Å². The van der Waals surface area contributed by atoms with E-state index < -0.39 is 0 Å². The fourth-order valence-electron chi connectivity index (χ4n) is 1.18. The number of alkyl halides is 1. The van der Waals surface area contributed by atoms with Crippen molar-refractivity contribution in [2.75, 3.05) is 0 Å². The van der Waals surface area contributed by atoms with Crippen LogP contribution in [0.4, 0.5) is 0 Å². The van der Waals surface area contributed by atoms with Gasteiger partial charge in [-0.2, -0.15) is 0 Å². The lowest BCUT2D eigenvalue weighted by molar-refractivity contribution is 0.910. The largest absolute Gasteiger partial charge is 0.310 e. The summed E-state index contributed by atoms with van der Waals surface area (Å²) in [7, 11) is 0. The quantitative estimate of drug-likeness (QED) is 0.706. The van der Waals surface area contributed by atoms with E-state index >= 15 is 0 Å². The summed E-state index contributed by atoms with van der Waals surface area (Å²) in [5.74, 6) is 1.36. The standard InChI is InChI=1S/C8H9ClN2O/c9-4-7-10-6(5-1-2-5)3-8(12)11-7/h3,5H,1-2,4H2,(H,10,11,12). The topological polar surface area (TPSA) is 45.8 Å². The number of nitrogens with zero attached hydrogens (tertiary/aromatic N) is 1. The second-order valence-corrected chi connectivity index (χ2v) is 3.29. The van der Waals surface area contributed by atoms with Crippen LogP contribution in [-0.2, 0) is 5.88 Å². The molecule has 0 spiro atoms. The van der Waals surface area contributed by atoms with Crippen molar-refractivity contribution in [3.05, 3.63) is 27.9 Å². The zero-order valence-corrected chi connectivity index (χ0v) is 7.27. The van der Waals surface area contributed by atoms with Crippen LogP contribution in [0.2, 0.25) is 0 Å². The second-order valence-electron chi connectivity index (χ2n) is 3.02. The fourth-order valence-corrected chi connectivity index (χ4v) is 1.31. The molecule has 0 atom stereocenters. The molecule has 4 heteroatoms. The van der Waals surface area contributed by atoms with Crippen molar-refractivity contribution in [2.24, 2.45) is 0 Å². The highest BCUT2D eigenvalue weighted by Crippen LogP contribution is 2.38. The first kappa shape index (κ1) is 7.80. The summed E-state index contributed by atoms with van der Waals surface area (Å²) in [6.45, 7) is 0. The Morgan fingerprint density at radius 1 is 1.67 bits per heavy atom. The first-order chi connectivity index (χ1) is 5.79. The Morgan fingerprint density at radius 3 is 3.00 bits per heavy atom. The van der Waals surface area contributed by atoms with Gasteiger partial charge in [0.2, 0.25) is 0 Å². The average Bonchev–Trinajstić information content (AvgIpc) is 2.85. The van der Waals surface area contributed by atoms with Gasteiger partial charge in [-0.25, -0.2) is 4.98 Å². The number of rotatable bonds is 2. The molecule has 1 aromatic heterocycles. The van der Waals surface area contributed by atoms with Gasteiger partial charge in [-0.05, 0) is 12.8 Å². The van der Waals surface area contributed by atoms with Gasteiger partial charge in [0, 0.05) is 12.0 Å². The van der Waals surface area contributed by atoms with Crippen LogP contribution in [0, 0.1) is 0 Å². The maximum absolute atomic E-state index is 11.0. The molecule has 1 aliphatic carbocycles. The molecule has 0 unspecified atom stereocenters. The van der Waals surface area contributed by atoms with Gasteiger partial charge in [-0.3, -0.25) is 4.79 Å². The third-order valence-electron chi connectivity index (χ3n) is 1.93. The van der Waals surface area contributed by atoms with Gasteiger partial charge in [0.25, 0.3) is 5.56 Å². The van der Waals surface area contributed by atoms with E-state index in [-0.39, 0.29) is 11.4 Å². The molecule has 3 nitrogen and oxygen atoms in total. The fraction of sp³-hybridized carbons (Fsp3) is 0.500. The number of halogens is 1. The zero-order valence-electron chi connectivity index (χ0n) is 6.51. The third kappa shape index (κ3) is 1.50. The number of hydrogen-bond acceptors (Lipinski definition) is 2. The highest BCUT2D eigenvalue weighted by Gasteiger charge is 2.25. The van der Waals surface area contributed by atoms with Crippen LogP contribution in [0.15, 0.2) is 10.9 Å². The molecule has 64 valence electrons. The summed E-state index contributed by atoms with van der Waals surface area (Å²) in [6.07, 6.45) is 2.30. The summed E-state index contributed by atoms with van der Waals surface area (Å²) in [4.78, 5) is 17.9. The lowest BCUT2D eigenvalue weighted by atomic mass is 10.3. The van der Waals surface area contributed by atoms with Crippen LogP contribution in [0.3, 0.4) is 0 Å². The van der Waals surface area contributed by atoms with Gasteiger partial charge in [-0.1, -0.05) is 0 Å². The van der Waals surface area contributed by atoms with Gasteiger partial charge in [0.05, 0.1) is 11.6 Å². The van der Waals surface area contributed by atoms with Gasteiger partial charge >= 0.3 is 0 Å². The summed E-state index contributed by atoms with van der Waals surface area (Å²) >= 11 is 5.56. The monoisotopic (exact) mass is 184 g/mol. The highest BCUT2D eigenvalue weighted by molar-refractivity contribution is 6.16. The summed E-state index contributed by atoms with van der Waals surface area (Å²) < 4.78 is 0. The van der Waals surface area contributed by atoms with Crippen molar-refractivity contribution in [1.82, 2.24) is 9.97 Å². The van der Waals surface area contributed by atoms with Crippen molar-refractivity contribution >= 4 is 11.6 Å². The number of nitrogens with one attached hydrogen (secondary N) is 1. The molecule has 1 N–H and O–H groups in total. The smallest absolute Gasteiger partial charge is 0.251 e. The van der Waals surface area contributed by atoms with E-state index in [0.717, 1.165) is 18.5 Å². The molecule has 0 saturated heterocycles. The van der Waals surface area contributed by atoms with Crippen LogP contribution in [0.25, 0.3) is 0 Å².